The topological polar surface area (TPSA) is 82.8 Å². The van der Waals surface area contributed by atoms with Crippen molar-refractivity contribution < 1.29 is 14.1 Å². The normalized spacial score (nSPS) is 20.7. The zero-order valence-corrected chi connectivity index (χ0v) is 14.7. The summed E-state index contributed by atoms with van der Waals surface area (Å²) in [5.41, 5.74) is 1.13. The summed E-state index contributed by atoms with van der Waals surface area (Å²) >= 11 is 0. The highest BCUT2D eigenvalue weighted by Gasteiger charge is 2.46. The first-order valence-corrected chi connectivity index (χ1v) is 8.85. The number of rotatable bonds is 5. The number of amides is 3. The van der Waals surface area contributed by atoms with E-state index in [1.54, 1.807) is 4.90 Å². The van der Waals surface area contributed by atoms with Gasteiger partial charge in [0.05, 0.1) is 6.54 Å². The number of benzene rings is 1. The summed E-state index contributed by atoms with van der Waals surface area (Å²) in [6.45, 7) is 4.44. The number of carbonyl (C=O) groups excluding carboxylic acids is 2. The standard InChI is InChI=1S/C18H21N5O3/c1-2-22-17(24)14-11-21(8-9-23(14)18(22)25)12-16-19-15(20-26-16)10-13-6-4-3-5-7-13/h3-7,14H,2,8-12H2,1H3. The van der Waals surface area contributed by atoms with Crippen LogP contribution < -0.4 is 0 Å². The van der Waals surface area contributed by atoms with Gasteiger partial charge in [0.15, 0.2) is 5.82 Å². The molecule has 8 heteroatoms. The first-order chi connectivity index (χ1) is 12.7. The van der Waals surface area contributed by atoms with E-state index in [4.69, 9.17) is 4.52 Å². The molecule has 1 atom stereocenters. The van der Waals surface area contributed by atoms with Crippen LogP contribution in [0.2, 0.25) is 0 Å². The molecule has 3 heterocycles. The molecule has 2 aliphatic rings. The van der Waals surface area contributed by atoms with E-state index in [-0.39, 0.29) is 11.9 Å². The molecule has 1 aromatic heterocycles. The molecule has 0 saturated carbocycles. The molecule has 0 radical (unpaired) electrons. The molecule has 26 heavy (non-hydrogen) atoms. The van der Waals surface area contributed by atoms with Crippen LogP contribution in [-0.4, -0.2) is 69.0 Å². The van der Waals surface area contributed by atoms with Gasteiger partial charge in [0, 0.05) is 32.6 Å². The van der Waals surface area contributed by atoms with Crippen LogP contribution in [0.4, 0.5) is 4.79 Å². The van der Waals surface area contributed by atoms with Gasteiger partial charge in [-0.05, 0) is 12.5 Å². The van der Waals surface area contributed by atoms with Gasteiger partial charge in [-0.2, -0.15) is 4.98 Å². The summed E-state index contributed by atoms with van der Waals surface area (Å²) in [4.78, 5) is 34.1. The second kappa shape index (κ2) is 6.87. The van der Waals surface area contributed by atoms with Crippen molar-refractivity contribution in [1.29, 1.82) is 0 Å². The van der Waals surface area contributed by atoms with Gasteiger partial charge in [-0.25, -0.2) is 4.79 Å². The summed E-state index contributed by atoms with van der Waals surface area (Å²) in [7, 11) is 0. The van der Waals surface area contributed by atoms with Crippen LogP contribution in [-0.2, 0) is 17.8 Å². The Morgan fingerprint density at radius 2 is 2.00 bits per heavy atom. The van der Waals surface area contributed by atoms with Gasteiger partial charge in [0.1, 0.15) is 6.04 Å². The number of imide groups is 1. The van der Waals surface area contributed by atoms with Crippen LogP contribution in [0.3, 0.4) is 0 Å². The highest BCUT2D eigenvalue weighted by atomic mass is 16.5. The molecule has 3 amide bonds. The van der Waals surface area contributed by atoms with E-state index in [9.17, 15) is 9.59 Å². The van der Waals surface area contributed by atoms with E-state index >= 15 is 0 Å². The average Bonchev–Trinajstić information content (AvgIpc) is 3.18. The molecule has 2 aliphatic heterocycles. The van der Waals surface area contributed by atoms with Crippen LogP contribution in [0.1, 0.15) is 24.2 Å². The number of carbonyl (C=O) groups is 2. The lowest BCUT2D eigenvalue weighted by molar-refractivity contribution is -0.129. The third kappa shape index (κ3) is 3.08. The summed E-state index contributed by atoms with van der Waals surface area (Å²) < 4.78 is 5.36. The highest BCUT2D eigenvalue weighted by molar-refractivity contribution is 6.04. The van der Waals surface area contributed by atoms with Crippen molar-refractivity contribution in [2.45, 2.75) is 25.9 Å². The predicted molar refractivity (Wildman–Crippen MR) is 92.1 cm³/mol. The van der Waals surface area contributed by atoms with Crippen molar-refractivity contribution in [3.8, 4) is 0 Å². The molecule has 8 nitrogen and oxygen atoms in total. The number of nitrogens with zero attached hydrogens (tertiary/aromatic N) is 5. The minimum absolute atomic E-state index is 0.113. The summed E-state index contributed by atoms with van der Waals surface area (Å²) in [5.74, 6) is 1.07. The molecule has 1 aromatic carbocycles. The maximum Gasteiger partial charge on any atom is 0.327 e. The molecule has 0 bridgehead atoms. The number of likely N-dealkylation sites (N-methyl/N-ethyl adjacent to an activating group) is 1. The van der Waals surface area contributed by atoms with Gasteiger partial charge in [-0.1, -0.05) is 35.5 Å². The number of aromatic nitrogens is 2. The molecule has 2 saturated heterocycles. The van der Waals surface area contributed by atoms with Crippen LogP contribution >= 0.6 is 0 Å². The monoisotopic (exact) mass is 355 g/mol. The van der Waals surface area contributed by atoms with Gasteiger partial charge in [-0.3, -0.25) is 14.6 Å². The van der Waals surface area contributed by atoms with E-state index in [0.717, 1.165) is 5.56 Å². The van der Waals surface area contributed by atoms with E-state index in [1.807, 2.05) is 37.3 Å². The summed E-state index contributed by atoms with van der Waals surface area (Å²) in [6, 6.07) is 9.41. The predicted octanol–water partition coefficient (Wildman–Crippen LogP) is 1.13. The quantitative estimate of drug-likeness (QED) is 0.748. The Bertz CT molecular complexity index is 806. The molecule has 2 fully saturated rings. The van der Waals surface area contributed by atoms with Gasteiger partial charge < -0.3 is 9.42 Å². The summed E-state index contributed by atoms with van der Waals surface area (Å²) in [6.07, 6.45) is 0.624. The van der Waals surface area contributed by atoms with Gasteiger partial charge in [-0.15, -0.1) is 0 Å². The van der Waals surface area contributed by atoms with Crippen LogP contribution in [0.25, 0.3) is 0 Å². The van der Waals surface area contributed by atoms with Crippen molar-refractivity contribution in [1.82, 2.24) is 24.8 Å². The Morgan fingerprint density at radius 3 is 2.77 bits per heavy atom. The zero-order valence-electron chi connectivity index (χ0n) is 14.7. The van der Waals surface area contributed by atoms with E-state index < -0.39 is 6.04 Å². The number of piperazine rings is 1. The molecular formula is C18H21N5O3. The van der Waals surface area contributed by atoms with Crippen LogP contribution in [0.15, 0.2) is 34.9 Å². The number of hydrogen-bond acceptors (Lipinski definition) is 6. The molecule has 0 spiro atoms. The van der Waals surface area contributed by atoms with Crippen molar-refractivity contribution in [3.05, 3.63) is 47.6 Å². The van der Waals surface area contributed by atoms with Gasteiger partial charge >= 0.3 is 6.03 Å². The molecule has 2 aromatic rings. The lowest BCUT2D eigenvalue weighted by Gasteiger charge is -2.34. The van der Waals surface area contributed by atoms with Crippen molar-refractivity contribution in [2.75, 3.05) is 26.2 Å². The lowest BCUT2D eigenvalue weighted by atomic mass is 10.1. The third-order valence-corrected chi connectivity index (χ3v) is 4.88. The van der Waals surface area contributed by atoms with Crippen LogP contribution in [0.5, 0.6) is 0 Å². The van der Waals surface area contributed by atoms with Crippen LogP contribution in [0, 0.1) is 0 Å². The maximum atomic E-state index is 12.4. The second-order valence-electron chi connectivity index (χ2n) is 6.58. The first kappa shape index (κ1) is 16.7. The number of urea groups is 1. The second-order valence-corrected chi connectivity index (χ2v) is 6.58. The fraction of sp³-hybridized carbons (Fsp3) is 0.444. The van der Waals surface area contributed by atoms with E-state index in [0.29, 0.717) is 50.9 Å². The summed E-state index contributed by atoms with van der Waals surface area (Å²) in [5, 5.41) is 4.04. The molecule has 4 rings (SSSR count). The highest BCUT2D eigenvalue weighted by Crippen LogP contribution is 2.22. The van der Waals surface area contributed by atoms with E-state index in [1.165, 1.54) is 4.90 Å². The van der Waals surface area contributed by atoms with E-state index in [2.05, 4.69) is 15.0 Å². The van der Waals surface area contributed by atoms with Crippen molar-refractivity contribution >= 4 is 11.9 Å². The first-order valence-electron chi connectivity index (χ1n) is 8.85. The molecule has 0 aliphatic carbocycles. The van der Waals surface area contributed by atoms with Crippen molar-refractivity contribution in [2.24, 2.45) is 0 Å². The molecular weight excluding hydrogens is 334 g/mol. The van der Waals surface area contributed by atoms with Crippen molar-refractivity contribution in [3.63, 3.8) is 0 Å². The Morgan fingerprint density at radius 1 is 1.19 bits per heavy atom. The fourth-order valence-corrected chi connectivity index (χ4v) is 3.54. The third-order valence-electron chi connectivity index (χ3n) is 4.88. The minimum atomic E-state index is -0.400. The minimum Gasteiger partial charge on any atom is -0.338 e. The Hall–Kier alpha value is -2.74. The molecule has 0 N–H and O–H groups in total. The Labute approximate surface area is 151 Å². The Kier molecular flexibility index (Phi) is 4.42. The lowest BCUT2D eigenvalue weighted by Crippen LogP contribution is -2.52. The number of fused-ring (bicyclic) bond motifs is 1. The number of hydrogen-bond donors (Lipinski definition) is 0. The largest absolute Gasteiger partial charge is 0.338 e. The Balaban J connectivity index is 1.38. The molecule has 1 unspecified atom stereocenters. The van der Waals surface area contributed by atoms with Gasteiger partial charge in [0.2, 0.25) is 5.89 Å². The average molecular weight is 355 g/mol. The SMILES string of the molecule is CCN1C(=O)C2CN(Cc3nc(Cc4ccccc4)no3)CCN2C1=O. The maximum absolute atomic E-state index is 12.4. The smallest absolute Gasteiger partial charge is 0.327 e. The molecule has 136 valence electrons. The zero-order chi connectivity index (χ0) is 18.1. The van der Waals surface area contributed by atoms with Gasteiger partial charge in [0.25, 0.3) is 5.91 Å². The fourth-order valence-electron chi connectivity index (χ4n) is 3.54.